The predicted molar refractivity (Wildman–Crippen MR) is 71.0 cm³/mol. The first kappa shape index (κ1) is 14.8. The third-order valence-electron chi connectivity index (χ3n) is 4.40. The molecular formula is C15H20O5. The number of rotatable bonds is 2. The molecule has 0 amide bonds. The lowest BCUT2D eigenvalue weighted by Gasteiger charge is -2.41. The summed E-state index contributed by atoms with van der Waals surface area (Å²) in [5, 5.41) is 9.23. The highest BCUT2D eigenvalue weighted by Gasteiger charge is 2.50. The first-order valence-electron chi connectivity index (χ1n) is 7.11. The Morgan fingerprint density at radius 3 is 2.80 bits per heavy atom. The van der Waals surface area contributed by atoms with E-state index in [0.717, 1.165) is 12.8 Å². The summed E-state index contributed by atoms with van der Waals surface area (Å²) < 4.78 is 4.98. The maximum absolute atomic E-state index is 12.3. The summed E-state index contributed by atoms with van der Waals surface area (Å²) in [7, 11) is 0. The summed E-state index contributed by atoms with van der Waals surface area (Å²) in [4.78, 5) is 36.4. The van der Waals surface area contributed by atoms with Gasteiger partial charge >= 0.3 is 5.97 Å². The van der Waals surface area contributed by atoms with Crippen LogP contribution in [0, 0.1) is 11.3 Å². The molecule has 0 aromatic heterocycles. The minimum absolute atomic E-state index is 0.0726. The van der Waals surface area contributed by atoms with E-state index in [2.05, 4.69) is 0 Å². The molecule has 0 aliphatic heterocycles. The minimum Gasteiger partial charge on any atom is -0.515 e. The highest BCUT2D eigenvalue weighted by Crippen LogP contribution is 2.47. The number of hydrogen-bond acceptors (Lipinski definition) is 5. The van der Waals surface area contributed by atoms with Crippen LogP contribution in [0.4, 0.5) is 0 Å². The Bertz CT molecular complexity index is 465. The van der Waals surface area contributed by atoms with Crippen LogP contribution in [0.5, 0.6) is 0 Å². The van der Waals surface area contributed by atoms with Crippen LogP contribution in [0.1, 0.15) is 45.4 Å². The maximum atomic E-state index is 12.3. The zero-order valence-electron chi connectivity index (χ0n) is 11.7. The van der Waals surface area contributed by atoms with E-state index in [9.17, 15) is 19.5 Å². The summed E-state index contributed by atoms with van der Waals surface area (Å²) in [5.74, 6) is -1.59. The monoisotopic (exact) mass is 280 g/mol. The zero-order valence-corrected chi connectivity index (χ0v) is 11.7. The Balaban J connectivity index is 2.31. The second kappa shape index (κ2) is 5.77. The van der Waals surface area contributed by atoms with Crippen molar-refractivity contribution in [1.82, 2.24) is 0 Å². The molecule has 1 spiro atoms. The second-order valence-corrected chi connectivity index (χ2v) is 5.60. The number of carbonyl (C=O) groups excluding carboxylic acids is 3. The number of hydrogen-bond donors (Lipinski definition) is 1. The number of ether oxygens (including phenoxy) is 1. The fourth-order valence-corrected chi connectivity index (χ4v) is 3.35. The van der Waals surface area contributed by atoms with E-state index in [0.29, 0.717) is 19.1 Å². The highest BCUT2D eigenvalue weighted by atomic mass is 16.5. The van der Waals surface area contributed by atoms with Crippen molar-refractivity contribution in [3.8, 4) is 0 Å². The average molecular weight is 280 g/mol. The standard InChI is InChI=1S/C15H20O5/c1-2-20-14(19)10-7-15(6-4-3-5-13(15)18)8-12(17)11(10)9-16/h9-10,16H,2-8H2,1H3/b11-9+/t10-,15+/m1/s1. The normalized spacial score (nSPS) is 32.6. The van der Waals surface area contributed by atoms with Gasteiger partial charge in [0.1, 0.15) is 5.78 Å². The van der Waals surface area contributed by atoms with Gasteiger partial charge in [-0.15, -0.1) is 0 Å². The van der Waals surface area contributed by atoms with Crippen molar-refractivity contribution in [1.29, 1.82) is 0 Å². The van der Waals surface area contributed by atoms with Gasteiger partial charge in [-0.3, -0.25) is 14.4 Å². The van der Waals surface area contributed by atoms with Gasteiger partial charge in [0.25, 0.3) is 0 Å². The van der Waals surface area contributed by atoms with Crippen molar-refractivity contribution in [3.63, 3.8) is 0 Å². The van der Waals surface area contributed by atoms with Gasteiger partial charge < -0.3 is 9.84 Å². The molecule has 0 bridgehead atoms. The molecule has 0 unspecified atom stereocenters. The van der Waals surface area contributed by atoms with E-state index >= 15 is 0 Å². The highest BCUT2D eigenvalue weighted by molar-refractivity contribution is 6.05. The Hall–Kier alpha value is -1.65. The molecule has 2 fully saturated rings. The Morgan fingerprint density at radius 1 is 1.45 bits per heavy atom. The maximum Gasteiger partial charge on any atom is 0.313 e. The molecule has 5 nitrogen and oxygen atoms in total. The van der Waals surface area contributed by atoms with Crippen LogP contribution < -0.4 is 0 Å². The van der Waals surface area contributed by atoms with E-state index in [1.165, 1.54) is 0 Å². The SMILES string of the molecule is CCOC(=O)[C@@H]1C[C@@]2(CCCCC2=O)CC(=O)/C1=C/O. The summed E-state index contributed by atoms with van der Waals surface area (Å²) in [6.07, 6.45) is 3.95. The lowest BCUT2D eigenvalue weighted by atomic mass is 9.60. The molecule has 0 saturated heterocycles. The first-order valence-corrected chi connectivity index (χ1v) is 7.11. The molecule has 2 rings (SSSR count). The number of ketones is 2. The largest absolute Gasteiger partial charge is 0.515 e. The molecule has 0 aromatic carbocycles. The number of aliphatic hydroxyl groups is 1. The van der Waals surface area contributed by atoms with Crippen molar-refractivity contribution < 1.29 is 24.2 Å². The van der Waals surface area contributed by atoms with Crippen molar-refractivity contribution in [2.75, 3.05) is 6.61 Å². The number of Topliss-reactive ketones (excluding diaryl/α,β-unsaturated/α-hetero) is 2. The fraction of sp³-hybridized carbons (Fsp3) is 0.667. The topological polar surface area (TPSA) is 80.7 Å². The smallest absolute Gasteiger partial charge is 0.313 e. The van der Waals surface area contributed by atoms with Crippen LogP contribution in [-0.2, 0) is 19.1 Å². The Labute approximate surface area is 118 Å². The van der Waals surface area contributed by atoms with Crippen LogP contribution >= 0.6 is 0 Å². The summed E-state index contributed by atoms with van der Waals surface area (Å²) in [6, 6.07) is 0. The van der Waals surface area contributed by atoms with Gasteiger partial charge in [0, 0.05) is 23.8 Å². The quantitative estimate of drug-likeness (QED) is 0.476. The lowest BCUT2D eigenvalue weighted by molar-refractivity contribution is -0.152. The predicted octanol–water partition coefficient (Wildman–Crippen LogP) is 2.10. The van der Waals surface area contributed by atoms with Crippen molar-refractivity contribution in [2.24, 2.45) is 11.3 Å². The second-order valence-electron chi connectivity index (χ2n) is 5.60. The summed E-state index contributed by atoms with van der Waals surface area (Å²) >= 11 is 0. The molecule has 2 atom stereocenters. The van der Waals surface area contributed by atoms with Crippen LogP contribution in [0.25, 0.3) is 0 Å². The summed E-state index contributed by atoms with van der Waals surface area (Å²) in [5.41, 5.74) is -0.647. The van der Waals surface area contributed by atoms with E-state index in [1.54, 1.807) is 6.92 Å². The molecule has 110 valence electrons. The molecule has 0 aromatic rings. The molecule has 1 N–H and O–H groups in total. The van der Waals surface area contributed by atoms with Crippen molar-refractivity contribution in [2.45, 2.75) is 45.4 Å². The lowest BCUT2D eigenvalue weighted by Crippen LogP contribution is -2.45. The molecular weight excluding hydrogens is 260 g/mol. The van der Waals surface area contributed by atoms with Gasteiger partial charge in [-0.2, -0.15) is 0 Å². The third kappa shape index (κ3) is 2.49. The molecule has 0 heterocycles. The van der Waals surface area contributed by atoms with Gasteiger partial charge in [-0.05, 0) is 26.2 Å². The number of carbonyl (C=O) groups is 3. The molecule has 2 aliphatic carbocycles. The van der Waals surface area contributed by atoms with Gasteiger partial charge in [-0.25, -0.2) is 0 Å². The van der Waals surface area contributed by atoms with E-state index < -0.39 is 17.3 Å². The summed E-state index contributed by atoms with van der Waals surface area (Å²) in [6.45, 7) is 1.90. The van der Waals surface area contributed by atoms with Crippen LogP contribution in [-0.4, -0.2) is 29.2 Å². The van der Waals surface area contributed by atoms with Crippen LogP contribution in [0.15, 0.2) is 11.8 Å². The van der Waals surface area contributed by atoms with Crippen LogP contribution in [0.2, 0.25) is 0 Å². The Kier molecular flexibility index (Phi) is 4.26. The van der Waals surface area contributed by atoms with Gasteiger partial charge in [0.05, 0.1) is 18.8 Å². The average Bonchev–Trinajstić information content (AvgIpc) is 2.42. The van der Waals surface area contributed by atoms with Crippen LogP contribution in [0.3, 0.4) is 0 Å². The molecule has 2 aliphatic rings. The van der Waals surface area contributed by atoms with Gasteiger partial charge in [0.2, 0.25) is 0 Å². The van der Waals surface area contributed by atoms with Gasteiger partial charge in [0.15, 0.2) is 5.78 Å². The number of esters is 1. The zero-order chi connectivity index (χ0) is 14.8. The first-order chi connectivity index (χ1) is 9.54. The minimum atomic E-state index is -0.816. The molecule has 0 radical (unpaired) electrons. The number of aliphatic hydroxyl groups excluding tert-OH is 1. The van der Waals surface area contributed by atoms with E-state index in [1.807, 2.05) is 0 Å². The fourth-order valence-electron chi connectivity index (χ4n) is 3.35. The van der Waals surface area contributed by atoms with E-state index in [4.69, 9.17) is 4.74 Å². The van der Waals surface area contributed by atoms with E-state index in [-0.39, 0.29) is 36.6 Å². The molecule has 20 heavy (non-hydrogen) atoms. The van der Waals surface area contributed by atoms with Gasteiger partial charge in [-0.1, -0.05) is 6.42 Å². The Morgan fingerprint density at radius 2 is 2.20 bits per heavy atom. The van der Waals surface area contributed by atoms with Crippen molar-refractivity contribution in [3.05, 3.63) is 11.8 Å². The van der Waals surface area contributed by atoms with Crippen molar-refractivity contribution >= 4 is 17.5 Å². The molecule has 5 heteroatoms. The third-order valence-corrected chi connectivity index (χ3v) is 4.40. The molecule has 2 saturated carbocycles.